The second-order valence-corrected chi connectivity index (χ2v) is 6.41. The molecule has 0 aromatic carbocycles. The first-order valence-corrected chi connectivity index (χ1v) is 7.98. The summed E-state index contributed by atoms with van der Waals surface area (Å²) in [5, 5.41) is 20.5. The number of carbonyl (C=O) groups is 1. The van der Waals surface area contributed by atoms with E-state index in [2.05, 4.69) is 15.0 Å². The van der Waals surface area contributed by atoms with Crippen LogP contribution in [0.1, 0.15) is 26.5 Å². The zero-order valence-electron chi connectivity index (χ0n) is 13.9. The van der Waals surface area contributed by atoms with Crippen molar-refractivity contribution in [1.29, 1.82) is 0 Å². The number of aliphatic hydroxyl groups is 2. The van der Waals surface area contributed by atoms with Crippen molar-refractivity contribution in [1.82, 2.24) is 19.5 Å². The third-order valence-electron chi connectivity index (χ3n) is 3.98. The fourth-order valence-electron chi connectivity index (χ4n) is 2.72. The summed E-state index contributed by atoms with van der Waals surface area (Å²) in [4.78, 5) is 23.7. The number of nitrogens with two attached hydrogens (primary N) is 1. The van der Waals surface area contributed by atoms with Crippen molar-refractivity contribution in [3.8, 4) is 0 Å². The highest BCUT2D eigenvalue weighted by Gasteiger charge is 2.44. The van der Waals surface area contributed by atoms with Crippen molar-refractivity contribution < 1.29 is 24.5 Å². The number of hydrogen-bond donors (Lipinski definition) is 3. The molecule has 1 fully saturated rings. The number of imidazole rings is 1. The Bertz CT molecular complexity index is 764. The largest absolute Gasteiger partial charge is 0.463 e. The topological polar surface area (TPSA) is 146 Å². The molecule has 25 heavy (non-hydrogen) atoms. The smallest absolute Gasteiger partial charge is 0.306 e. The molecule has 10 nitrogen and oxygen atoms in total. The van der Waals surface area contributed by atoms with Crippen LogP contribution in [0, 0.1) is 5.92 Å². The van der Waals surface area contributed by atoms with E-state index in [4.69, 9.17) is 15.2 Å². The minimum absolute atomic E-state index is 0.149. The number of carbonyl (C=O) groups excluding carboxylic acids is 1. The number of hydrogen-bond acceptors (Lipinski definition) is 9. The summed E-state index contributed by atoms with van der Waals surface area (Å²) in [5.41, 5.74) is 6.49. The summed E-state index contributed by atoms with van der Waals surface area (Å²) in [6, 6.07) is 0. The number of rotatable bonds is 5. The number of ether oxygens (including phenoxy) is 2. The molecule has 0 bridgehead atoms. The fraction of sp³-hybridized carbons (Fsp3) is 0.600. The number of nitrogen functional groups attached to an aromatic ring is 1. The third kappa shape index (κ3) is 3.41. The lowest BCUT2D eigenvalue weighted by Crippen LogP contribution is -2.34. The number of aromatic nitrogens is 4. The molecule has 1 aliphatic rings. The predicted molar refractivity (Wildman–Crippen MR) is 86.1 cm³/mol. The van der Waals surface area contributed by atoms with Crippen LogP contribution in [-0.4, -0.2) is 60.6 Å². The summed E-state index contributed by atoms with van der Waals surface area (Å²) < 4.78 is 12.3. The zero-order chi connectivity index (χ0) is 18.1. The van der Waals surface area contributed by atoms with Crippen LogP contribution in [0.2, 0.25) is 0 Å². The van der Waals surface area contributed by atoms with Gasteiger partial charge in [-0.2, -0.15) is 0 Å². The normalized spacial score (nSPS) is 26.4. The number of nitrogens with zero attached hydrogens (tertiary/aromatic N) is 4. The van der Waals surface area contributed by atoms with Gasteiger partial charge in [-0.15, -0.1) is 0 Å². The van der Waals surface area contributed by atoms with Crippen molar-refractivity contribution in [2.75, 3.05) is 12.3 Å². The average molecular weight is 351 g/mol. The van der Waals surface area contributed by atoms with E-state index in [1.807, 2.05) is 13.8 Å². The molecule has 2 aromatic rings. The molecule has 3 rings (SSSR count). The van der Waals surface area contributed by atoms with E-state index >= 15 is 0 Å². The first-order valence-electron chi connectivity index (χ1n) is 7.98. The van der Waals surface area contributed by atoms with Crippen LogP contribution in [-0.2, 0) is 14.3 Å². The Balaban J connectivity index is 1.73. The monoisotopic (exact) mass is 351 g/mol. The molecule has 4 atom stereocenters. The van der Waals surface area contributed by atoms with Crippen LogP contribution in [0.3, 0.4) is 0 Å². The Kier molecular flexibility index (Phi) is 4.84. The average Bonchev–Trinajstić information content (AvgIpc) is 3.09. The van der Waals surface area contributed by atoms with Gasteiger partial charge < -0.3 is 25.4 Å². The van der Waals surface area contributed by atoms with Gasteiger partial charge in [0.15, 0.2) is 17.7 Å². The Morgan fingerprint density at radius 3 is 2.84 bits per heavy atom. The van der Waals surface area contributed by atoms with E-state index in [0.717, 1.165) is 0 Å². The molecule has 0 amide bonds. The minimum Gasteiger partial charge on any atom is -0.463 e. The third-order valence-corrected chi connectivity index (χ3v) is 3.98. The van der Waals surface area contributed by atoms with Crippen LogP contribution in [0.15, 0.2) is 12.7 Å². The predicted octanol–water partition coefficient (Wildman–Crippen LogP) is -0.383. The standard InChI is InChI=1S/C15H21N5O5/c1-7(2)3-9(21)24-4-8-11(22)12(23)15(25-8)20-6-19-10-13(16)17-5-18-14(10)20/h5-8,11-12,15,22-23H,3-4H2,1-2H3,(H2,16,17,18). The van der Waals surface area contributed by atoms with Gasteiger partial charge in [-0.1, -0.05) is 13.8 Å². The highest BCUT2D eigenvalue weighted by atomic mass is 16.6. The lowest BCUT2D eigenvalue weighted by molar-refractivity contribution is -0.150. The number of aliphatic hydroxyl groups excluding tert-OH is 2. The van der Waals surface area contributed by atoms with Crippen molar-refractivity contribution in [2.24, 2.45) is 5.92 Å². The first kappa shape index (κ1) is 17.5. The molecule has 0 aliphatic carbocycles. The molecule has 1 aliphatic heterocycles. The van der Waals surface area contributed by atoms with Crippen molar-refractivity contribution in [2.45, 2.75) is 44.8 Å². The first-order chi connectivity index (χ1) is 11.9. The van der Waals surface area contributed by atoms with Crippen molar-refractivity contribution >= 4 is 23.0 Å². The van der Waals surface area contributed by atoms with Crippen LogP contribution < -0.4 is 5.73 Å². The number of anilines is 1. The molecule has 4 unspecified atom stereocenters. The van der Waals surface area contributed by atoms with Gasteiger partial charge in [0, 0.05) is 6.42 Å². The van der Waals surface area contributed by atoms with E-state index in [1.54, 1.807) is 0 Å². The SMILES string of the molecule is CC(C)CC(=O)OCC1OC(n2cnc3c(N)ncnc32)C(O)C1O. The van der Waals surface area contributed by atoms with Crippen LogP contribution in [0.25, 0.3) is 11.2 Å². The summed E-state index contributed by atoms with van der Waals surface area (Å²) in [5.74, 6) is -0.00370. The quantitative estimate of drug-likeness (QED) is 0.613. The van der Waals surface area contributed by atoms with Crippen molar-refractivity contribution in [3.63, 3.8) is 0 Å². The zero-order valence-corrected chi connectivity index (χ0v) is 13.9. The minimum atomic E-state index is -1.23. The molecule has 0 saturated carbocycles. The molecule has 4 N–H and O–H groups in total. The number of fused-ring (bicyclic) bond motifs is 1. The molecule has 136 valence electrons. The molecule has 0 spiro atoms. The Morgan fingerprint density at radius 1 is 1.36 bits per heavy atom. The Morgan fingerprint density at radius 2 is 2.12 bits per heavy atom. The van der Waals surface area contributed by atoms with Gasteiger partial charge in [-0.3, -0.25) is 9.36 Å². The van der Waals surface area contributed by atoms with Crippen LogP contribution in [0.5, 0.6) is 0 Å². The molecular weight excluding hydrogens is 330 g/mol. The van der Waals surface area contributed by atoms with E-state index in [0.29, 0.717) is 11.2 Å². The van der Waals surface area contributed by atoms with Gasteiger partial charge in [-0.05, 0) is 5.92 Å². The second kappa shape index (κ2) is 6.90. The highest BCUT2D eigenvalue weighted by Crippen LogP contribution is 2.32. The van der Waals surface area contributed by atoms with Gasteiger partial charge in [0.1, 0.15) is 36.8 Å². The fourth-order valence-corrected chi connectivity index (χ4v) is 2.72. The van der Waals surface area contributed by atoms with Gasteiger partial charge in [0.25, 0.3) is 0 Å². The van der Waals surface area contributed by atoms with Crippen molar-refractivity contribution in [3.05, 3.63) is 12.7 Å². The maximum atomic E-state index is 11.7. The maximum absolute atomic E-state index is 11.7. The molecule has 10 heteroatoms. The van der Waals surface area contributed by atoms with E-state index < -0.39 is 24.5 Å². The van der Waals surface area contributed by atoms with E-state index in [-0.39, 0.29) is 30.7 Å². The molecule has 0 radical (unpaired) electrons. The van der Waals surface area contributed by atoms with E-state index in [9.17, 15) is 15.0 Å². The van der Waals surface area contributed by atoms with Crippen LogP contribution in [0.4, 0.5) is 5.82 Å². The number of esters is 1. The molecule has 3 heterocycles. The second-order valence-electron chi connectivity index (χ2n) is 6.41. The molecule has 1 saturated heterocycles. The summed E-state index contributed by atoms with van der Waals surface area (Å²) in [6.45, 7) is 3.66. The van der Waals surface area contributed by atoms with Crippen LogP contribution >= 0.6 is 0 Å². The van der Waals surface area contributed by atoms with Gasteiger partial charge in [0.05, 0.1) is 6.33 Å². The summed E-state index contributed by atoms with van der Waals surface area (Å²) >= 11 is 0. The Hall–Kier alpha value is -2.30. The van der Waals surface area contributed by atoms with Gasteiger partial charge in [-0.25, -0.2) is 15.0 Å². The molecule has 2 aromatic heterocycles. The summed E-state index contributed by atoms with van der Waals surface area (Å²) in [7, 11) is 0. The highest BCUT2D eigenvalue weighted by molar-refractivity contribution is 5.81. The lowest BCUT2D eigenvalue weighted by Gasteiger charge is -2.16. The lowest BCUT2D eigenvalue weighted by atomic mass is 10.1. The van der Waals surface area contributed by atoms with Gasteiger partial charge >= 0.3 is 5.97 Å². The van der Waals surface area contributed by atoms with E-state index in [1.165, 1.54) is 17.2 Å². The Labute approximate surface area is 143 Å². The molecular formula is C15H21N5O5. The van der Waals surface area contributed by atoms with Gasteiger partial charge in [0.2, 0.25) is 0 Å². The maximum Gasteiger partial charge on any atom is 0.306 e. The summed E-state index contributed by atoms with van der Waals surface area (Å²) in [6.07, 6.45) is -1.27.